The number of amides is 1. The maximum absolute atomic E-state index is 11.8. The lowest BCUT2D eigenvalue weighted by Gasteiger charge is -2.06. The number of nitrogens with one attached hydrogen (secondary N) is 1. The summed E-state index contributed by atoms with van der Waals surface area (Å²) in [4.78, 5) is 22.9. The van der Waals surface area contributed by atoms with Gasteiger partial charge in [-0.3, -0.25) is 14.3 Å². The summed E-state index contributed by atoms with van der Waals surface area (Å²) in [5, 5.41) is 7.30. The molecule has 0 unspecified atom stereocenters. The number of carbonyl (C=O) groups is 2. The largest absolute Gasteiger partial charge is 0.326 e. The maximum Gasteiger partial charge on any atom is 0.226 e. The molecule has 1 heterocycles. The van der Waals surface area contributed by atoms with Crippen LogP contribution in [0.4, 0.5) is 5.69 Å². The monoisotopic (exact) mass is 291 g/mol. The maximum atomic E-state index is 11.8. The van der Waals surface area contributed by atoms with Crippen molar-refractivity contribution in [1.29, 1.82) is 0 Å². The van der Waals surface area contributed by atoms with Crippen LogP contribution in [0.15, 0.2) is 36.7 Å². The van der Waals surface area contributed by atoms with E-state index in [1.807, 2.05) is 0 Å². The zero-order valence-electron chi connectivity index (χ0n) is 11.0. The third-order valence-electron chi connectivity index (χ3n) is 2.74. The van der Waals surface area contributed by atoms with Crippen molar-refractivity contribution in [3.05, 3.63) is 47.2 Å². The van der Waals surface area contributed by atoms with Gasteiger partial charge in [-0.15, -0.1) is 0 Å². The number of anilines is 1. The van der Waals surface area contributed by atoms with Gasteiger partial charge in [0.1, 0.15) is 0 Å². The molecule has 0 aliphatic rings. The van der Waals surface area contributed by atoms with E-state index in [2.05, 4.69) is 10.4 Å². The summed E-state index contributed by atoms with van der Waals surface area (Å²) < 4.78 is 1.61. The van der Waals surface area contributed by atoms with E-state index in [1.165, 1.54) is 13.1 Å². The molecule has 0 saturated carbocycles. The highest BCUT2D eigenvalue weighted by molar-refractivity contribution is 6.30. The molecule has 0 aliphatic heterocycles. The second-order valence-corrected chi connectivity index (χ2v) is 4.79. The highest BCUT2D eigenvalue weighted by Gasteiger charge is 2.05. The van der Waals surface area contributed by atoms with Crippen molar-refractivity contribution in [2.45, 2.75) is 19.9 Å². The second kappa shape index (κ2) is 6.34. The Morgan fingerprint density at radius 1 is 1.30 bits per heavy atom. The number of Topliss-reactive ketones (excluding diaryl/α,β-unsaturated/α-hetero) is 1. The molecule has 0 bridgehead atoms. The predicted octanol–water partition coefficient (Wildman–Crippen LogP) is 2.77. The highest BCUT2D eigenvalue weighted by atomic mass is 35.5. The molecule has 1 N–H and O–H groups in total. The first-order valence-corrected chi connectivity index (χ1v) is 6.51. The van der Waals surface area contributed by atoms with E-state index in [0.29, 0.717) is 29.2 Å². The lowest BCUT2D eigenvalue weighted by molar-refractivity contribution is -0.116. The molecule has 6 heteroatoms. The Bertz CT molecular complexity index is 620. The summed E-state index contributed by atoms with van der Waals surface area (Å²) >= 11 is 5.73. The third kappa shape index (κ3) is 3.93. The molecule has 0 fully saturated rings. The minimum Gasteiger partial charge on any atom is -0.326 e. The summed E-state index contributed by atoms with van der Waals surface area (Å²) in [7, 11) is 0. The number of rotatable bonds is 5. The van der Waals surface area contributed by atoms with Crippen LogP contribution in [-0.2, 0) is 11.3 Å². The Morgan fingerprint density at radius 2 is 2.00 bits per heavy atom. The van der Waals surface area contributed by atoms with Gasteiger partial charge in [-0.05, 0) is 31.2 Å². The van der Waals surface area contributed by atoms with Gasteiger partial charge in [0.05, 0.1) is 11.2 Å². The van der Waals surface area contributed by atoms with E-state index in [1.54, 1.807) is 35.1 Å². The van der Waals surface area contributed by atoms with E-state index in [9.17, 15) is 9.59 Å². The summed E-state index contributed by atoms with van der Waals surface area (Å²) in [6.45, 7) is 1.97. The van der Waals surface area contributed by atoms with Crippen molar-refractivity contribution in [3.8, 4) is 0 Å². The van der Waals surface area contributed by atoms with E-state index in [0.717, 1.165) is 0 Å². The third-order valence-corrected chi connectivity index (χ3v) is 2.94. The van der Waals surface area contributed by atoms with Gasteiger partial charge in [0, 0.05) is 30.4 Å². The average Bonchev–Trinajstić information content (AvgIpc) is 2.83. The molecule has 104 valence electrons. The van der Waals surface area contributed by atoms with Crippen molar-refractivity contribution in [2.24, 2.45) is 0 Å². The van der Waals surface area contributed by atoms with E-state index < -0.39 is 0 Å². The number of ketones is 1. The second-order valence-electron chi connectivity index (χ2n) is 4.35. The van der Waals surface area contributed by atoms with Gasteiger partial charge in [-0.2, -0.15) is 5.10 Å². The summed E-state index contributed by atoms with van der Waals surface area (Å²) in [5.74, 6) is -0.120. The zero-order chi connectivity index (χ0) is 14.5. The van der Waals surface area contributed by atoms with Crippen LogP contribution in [0.3, 0.4) is 0 Å². The normalized spacial score (nSPS) is 10.3. The Kier molecular flexibility index (Phi) is 4.53. The average molecular weight is 292 g/mol. The van der Waals surface area contributed by atoms with Crippen LogP contribution in [0.25, 0.3) is 0 Å². The van der Waals surface area contributed by atoms with Crippen molar-refractivity contribution in [2.75, 3.05) is 5.32 Å². The number of nitrogens with zero attached hydrogens (tertiary/aromatic N) is 2. The number of halogens is 1. The fraction of sp³-hybridized carbons (Fsp3) is 0.214. The zero-order valence-corrected chi connectivity index (χ0v) is 11.7. The first-order chi connectivity index (χ1) is 9.54. The lowest BCUT2D eigenvalue weighted by atomic mass is 10.1. The Hall–Kier alpha value is -2.14. The molecule has 0 spiro atoms. The summed E-state index contributed by atoms with van der Waals surface area (Å²) in [6, 6.07) is 6.79. The number of benzene rings is 1. The van der Waals surface area contributed by atoms with Gasteiger partial charge < -0.3 is 5.32 Å². The molecule has 0 radical (unpaired) electrons. The summed E-state index contributed by atoms with van der Waals surface area (Å²) in [5.41, 5.74) is 1.28. The number of aryl methyl sites for hydroxylation is 1. The van der Waals surface area contributed by atoms with Crippen LogP contribution in [0.2, 0.25) is 5.02 Å². The quantitative estimate of drug-likeness (QED) is 0.862. The smallest absolute Gasteiger partial charge is 0.226 e. The van der Waals surface area contributed by atoms with Gasteiger partial charge in [-0.1, -0.05) is 11.6 Å². The van der Waals surface area contributed by atoms with Crippen LogP contribution in [0.1, 0.15) is 23.7 Å². The first-order valence-electron chi connectivity index (χ1n) is 6.13. The highest BCUT2D eigenvalue weighted by Crippen LogP contribution is 2.11. The van der Waals surface area contributed by atoms with Crippen molar-refractivity contribution in [1.82, 2.24) is 9.78 Å². The molecule has 0 atom stereocenters. The Morgan fingerprint density at radius 3 is 2.55 bits per heavy atom. The number of hydrogen-bond acceptors (Lipinski definition) is 3. The van der Waals surface area contributed by atoms with Gasteiger partial charge >= 0.3 is 0 Å². The van der Waals surface area contributed by atoms with E-state index in [-0.39, 0.29) is 11.7 Å². The van der Waals surface area contributed by atoms with Gasteiger partial charge in [0.15, 0.2) is 5.78 Å². The van der Waals surface area contributed by atoms with Gasteiger partial charge in [0.25, 0.3) is 0 Å². The molecular formula is C14H14ClN3O2. The first kappa shape index (κ1) is 14.3. The molecule has 1 aromatic heterocycles. The van der Waals surface area contributed by atoms with Crippen molar-refractivity contribution < 1.29 is 9.59 Å². The SMILES string of the molecule is CC(=O)c1ccc(NC(=O)CCn2cc(Cl)cn2)cc1. The van der Waals surface area contributed by atoms with Crippen LogP contribution in [0, 0.1) is 0 Å². The summed E-state index contributed by atoms with van der Waals surface area (Å²) in [6.07, 6.45) is 3.49. The van der Waals surface area contributed by atoms with Crippen LogP contribution in [-0.4, -0.2) is 21.5 Å². The van der Waals surface area contributed by atoms with Gasteiger partial charge in [0.2, 0.25) is 5.91 Å². The molecule has 2 aromatic rings. The Labute approximate surface area is 121 Å². The topological polar surface area (TPSA) is 64.0 Å². The number of aromatic nitrogens is 2. The molecule has 1 aromatic carbocycles. The molecule has 1 amide bonds. The number of carbonyl (C=O) groups excluding carboxylic acids is 2. The molecular weight excluding hydrogens is 278 g/mol. The fourth-order valence-electron chi connectivity index (χ4n) is 1.69. The molecule has 0 aliphatic carbocycles. The standard InChI is InChI=1S/C14H14ClN3O2/c1-10(19)11-2-4-13(5-3-11)17-14(20)6-7-18-9-12(15)8-16-18/h2-5,8-9H,6-7H2,1H3,(H,17,20). The fourth-order valence-corrected chi connectivity index (χ4v) is 1.84. The van der Waals surface area contributed by atoms with E-state index >= 15 is 0 Å². The molecule has 0 saturated heterocycles. The van der Waals surface area contributed by atoms with E-state index in [4.69, 9.17) is 11.6 Å². The number of hydrogen-bond donors (Lipinski definition) is 1. The molecule has 5 nitrogen and oxygen atoms in total. The lowest BCUT2D eigenvalue weighted by Crippen LogP contribution is -2.14. The van der Waals surface area contributed by atoms with Crippen LogP contribution < -0.4 is 5.32 Å². The predicted molar refractivity (Wildman–Crippen MR) is 76.9 cm³/mol. The van der Waals surface area contributed by atoms with Crippen molar-refractivity contribution in [3.63, 3.8) is 0 Å². The van der Waals surface area contributed by atoms with Crippen LogP contribution in [0.5, 0.6) is 0 Å². The van der Waals surface area contributed by atoms with Gasteiger partial charge in [-0.25, -0.2) is 0 Å². The van der Waals surface area contributed by atoms with Crippen molar-refractivity contribution >= 4 is 29.0 Å². The molecule has 20 heavy (non-hydrogen) atoms. The van der Waals surface area contributed by atoms with Crippen LogP contribution >= 0.6 is 11.6 Å². The molecule has 2 rings (SSSR count). The Balaban J connectivity index is 1.86. The minimum atomic E-state index is -0.118. The minimum absolute atomic E-state index is 0.00145.